The SMILES string of the molecule is C=C1/C=C\C=C/N(N(C)C)N=C1C(=O)C(C)C. The van der Waals surface area contributed by atoms with Crippen molar-refractivity contribution in [1.82, 2.24) is 10.1 Å². The molecule has 0 aromatic heterocycles. The van der Waals surface area contributed by atoms with Crippen LogP contribution in [0.2, 0.25) is 0 Å². The molecule has 0 fully saturated rings. The molecule has 4 nitrogen and oxygen atoms in total. The minimum atomic E-state index is -0.0914. The normalized spacial score (nSPS) is 20.0. The van der Waals surface area contributed by atoms with Crippen LogP contribution in [0.4, 0.5) is 0 Å². The highest BCUT2D eigenvalue weighted by Gasteiger charge is 2.19. The van der Waals surface area contributed by atoms with E-state index in [4.69, 9.17) is 0 Å². The Morgan fingerprint density at radius 1 is 1.41 bits per heavy atom. The van der Waals surface area contributed by atoms with E-state index in [2.05, 4.69) is 11.7 Å². The molecule has 1 rings (SSSR count). The lowest BCUT2D eigenvalue weighted by molar-refractivity contribution is -0.115. The van der Waals surface area contributed by atoms with Gasteiger partial charge in [0.2, 0.25) is 0 Å². The number of carbonyl (C=O) groups is 1. The fraction of sp³-hybridized carbons (Fsp3) is 0.385. The molecule has 0 unspecified atom stereocenters. The smallest absolute Gasteiger partial charge is 0.186 e. The van der Waals surface area contributed by atoms with Gasteiger partial charge in [-0.1, -0.05) is 32.6 Å². The second-order valence-corrected chi connectivity index (χ2v) is 4.36. The molecule has 0 aromatic rings. The van der Waals surface area contributed by atoms with Gasteiger partial charge in [0.25, 0.3) is 0 Å². The minimum Gasteiger partial charge on any atom is -0.292 e. The molecule has 0 aromatic carbocycles. The third-order valence-corrected chi connectivity index (χ3v) is 2.30. The van der Waals surface area contributed by atoms with E-state index in [9.17, 15) is 4.79 Å². The number of hydrazone groups is 1. The van der Waals surface area contributed by atoms with Gasteiger partial charge in [-0.3, -0.25) is 4.79 Å². The molecule has 0 radical (unpaired) electrons. The molecule has 0 saturated carbocycles. The fourth-order valence-electron chi connectivity index (χ4n) is 1.28. The summed E-state index contributed by atoms with van der Waals surface area (Å²) >= 11 is 0. The molecular formula is C13H19N3O. The average molecular weight is 233 g/mol. The number of hydrazine groups is 1. The molecule has 4 heteroatoms. The van der Waals surface area contributed by atoms with E-state index in [1.165, 1.54) is 0 Å². The Balaban J connectivity index is 3.16. The van der Waals surface area contributed by atoms with Crippen molar-refractivity contribution in [3.05, 3.63) is 36.6 Å². The number of Topliss-reactive ketones (excluding diaryl/α,β-unsaturated/α-hetero) is 1. The zero-order valence-corrected chi connectivity index (χ0v) is 10.8. The van der Waals surface area contributed by atoms with Gasteiger partial charge in [-0.15, -0.1) is 0 Å². The van der Waals surface area contributed by atoms with Crippen LogP contribution in [0.5, 0.6) is 0 Å². The zero-order chi connectivity index (χ0) is 13.0. The summed E-state index contributed by atoms with van der Waals surface area (Å²) in [6, 6.07) is 0. The molecule has 0 saturated heterocycles. The molecule has 0 amide bonds. The molecule has 1 aliphatic heterocycles. The predicted molar refractivity (Wildman–Crippen MR) is 70.2 cm³/mol. The molecule has 92 valence electrons. The van der Waals surface area contributed by atoms with E-state index in [0.29, 0.717) is 11.3 Å². The molecule has 0 aliphatic carbocycles. The van der Waals surface area contributed by atoms with E-state index in [-0.39, 0.29) is 11.7 Å². The Kier molecular flexibility index (Phi) is 4.40. The highest BCUT2D eigenvalue weighted by molar-refractivity contribution is 6.47. The van der Waals surface area contributed by atoms with Gasteiger partial charge in [0, 0.05) is 26.2 Å². The van der Waals surface area contributed by atoms with Gasteiger partial charge in [0.15, 0.2) is 5.78 Å². The van der Waals surface area contributed by atoms with Crippen LogP contribution in [0.1, 0.15) is 13.8 Å². The highest BCUT2D eigenvalue weighted by atomic mass is 16.1. The summed E-state index contributed by atoms with van der Waals surface area (Å²) in [6.07, 6.45) is 7.28. The van der Waals surface area contributed by atoms with Gasteiger partial charge in [-0.2, -0.15) is 5.10 Å². The van der Waals surface area contributed by atoms with Crippen molar-refractivity contribution in [3.63, 3.8) is 0 Å². The maximum Gasteiger partial charge on any atom is 0.186 e. The second kappa shape index (κ2) is 5.59. The zero-order valence-electron chi connectivity index (χ0n) is 10.8. The second-order valence-electron chi connectivity index (χ2n) is 4.36. The maximum atomic E-state index is 12.0. The molecule has 1 aliphatic rings. The summed E-state index contributed by atoms with van der Waals surface area (Å²) in [4.78, 5) is 12.0. The van der Waals surface area contributed by atoms with Crippen LogP contribution in [-0.2, 0) is 4.79 Å². The lowest BCUT2D eigenvalue weighted by atomic mass is 9.99. The first-order valence-corrected chi connectivity index (χ1v) is 5.57. The average Bonchev–Trinajstić information content (AvgIpc) is 2.23. The number of rotatable bonds is 3. The first-order chi connectivity index (χ1) is 7.93. The Hall–Kier alpha value is -1.68. The number of allylic oxidation sites excluding steroid dienone is 4. The number of carbonyl (C=O) groups excluding carboxylic acids is 1. The Morgan fingerprint density at radius 2 is 2.06 bits per heavy atom. The molecule has 0 atom stereocenters. The Morgan fingerprint density at radius 3 is 2.59 bits per heavy atom. The Bertz CT molecular complexity index is 403. The molecular weight excluding hydrogens is 214 g/mol. The van der Waals surface area contributed by atoms with Gasteiger partial charge in [-0.25, -0.2) is 10.1 Å². The lowest BCUT2D eigenvalue weighted by Crippen LogP contribution is -2.32. The largest absolute Gasteiger partial charge is 0.292 e. The van der Waals surface area contributed by atoms with Gasteiger partial charge in [0.1, 0.15) is 5.71 Å². The first-order valence-electron chi connectivity index (χ1n) is 5.57. The summed E-state index contributed by atoms with van der Waals surface area (Å²) in [5.41, 5.74) is 1.05. The first kappa shape index (κ1) is 13.4. The number of hydrogen-bond donors (Lipinski definition) is 0. The van der Waals surface area contributed by atoms with E-state index in [1.807, 2.05) is 40.1 Å². The standard InChI is InChI=1S/C13H19N3O/c1-10(2)13(17)12-11(3)8-6-7-9-16(14-12)15(4)5/h6-10H,3H2,1-2,4-5H3/b8-6-,9-7-,14-12?. The monoisotopic (exact) mass is 233 g/mol. The van der Waals surface area contributed by atoms with Crippen molar-refractivity contribution in [2.45, 2.75) is 13.8 Å². The lowest BCUT2D eigenvalue weighted by Gasteiger charge is -2.24. The third kappa shape index (κ3) is 3.39. The topological polar surface area (TPSA) is 35.9 Å². The van der Waals surface area contributed by atoms with Gasteiger partial charge < -0.3 is 0 Å². The van der Waals surface area contributed by atoms with Crippen molar-refractivity contribution >= 4 is 11.5 Å². The van der Waals surface area contributed by atoms with E-state index in [0.717, 1.165) is 0 Å². The summed E-state index contributed by atoms with van der Waals surface area (Å²) in [5.74, 6) is -0.0897. The van der Waals surface area contributed by atoms with Crippen LogP contribution in [-0.4, -0.2) is 35.7 Å². The summed E-state index contributed by atoms with van der Waals surface area (Å²) < 4.78 is 0. The molecule has 17 heavy (non-hydrogen) atoms. The van der Waals surface area contributed by atoms with Crippen LogP contribution in [0, 0.1) is 5.92 Å². The summed E-state index contributed by atoms with van der Waals surface area (Å²) in [6.45, 7) is 7.59. The maximum absolute atomic E-state index is 12.0. The predicted octanol–water partition coefficient (Wildman–Crippen LogP) is 1.99. The highest BCUT2D eigenvalue weighted by Crippen LogP contribution is 2.10. The number of ketones is 1. The van der Waals surface area contributed by atoms with E-state index >= 15 is 0 Å². The fourth-order valence-corrected chi connectivity index (χ4v) is 1.28. The molecule has 0 bridgehead atoms. The quantitative estimate of drug-likeness (QED) is 0.748. The van der Waals surface area contributed by atoms with Crippen LogP contribution in [0.25, 0.3) is 0 Å². The van der Waals surface area contributed by atoms with Gasteiger partial charge in [0.05, 0.1) is 0 Å². The van der Waals surface area contributed by atoms with Crippen molar-refractivity contribution in [2.75, 3.05) is 14.1 Å². The molecule has 0 N–H and O–H groups in total. The van der Waals surface area contributed by atoms with Crippen LogP contribution in [0.15, 0.2) is 41.7 Å². The van der Waals surface area contributed by atoms with Crippen molar-refractivity contribution < 1.29 is 4.79 Å². The van der Waals surface area contributed by atoms with Crippen LogP contribution < -0.4 is 0 Å². The summed E-state index contributed by atoms with van der Waals surface area (Å²) in [5, 5.41) is 7.73. The van der Waals surface area contributed by atoms with Crippen LogP contribution in [0.3, 0.4) is 0 Å². The van der Waals surface area contributed by atoms with Crippen molar-refractivity contribution in [3.8, 4) is 0 Å². The van der Waals surface area contributed by atoms with Gasteiger partial charge >= 0.3 is 0 Å². The Labute approximate surface area is 103 Å². The van der Waals surface area contributed by atoms with Crippen molar-refractivity contribution in [1.29, 1.82) is 0 Å². The summed E-state index contributed by atoms with van der Waals surface area (Å²) in [7, 11) is 3.72. The third-order valence-electron chi connectivity index (χ3n) is 2.30. The van der Waals surface area contributed by atoms with E-state index < -0.39 is 0 Å². The molecule has 0 spiro atoms. The minimum absolute atomic E-state index is 0.00167. The number of nitrogens with zero attached hydrogens (tertiary/aromatic N) is 3. The van der Waals surface area contributed by atoms with Gasteiger partial charge in [-0.05, 0) is 11.6 Å². The van der Waals surface area contributed by atoms with Crippen LogP contribution >= 0.6 is 0 Å². The van der Waals surface area contributed by atoms with E-state index in [1.54, 1.807) is 22.4 Å². The number of hydrogen-bond acceptors (Lipinski definition) is 4. The molecule has 1 heterocycles. The van der Waals surface area contributed by atoms with Crippen molar-refractivity contribution in [2.24, 2.45) is 11.0 Å².